The molecule has 4 heteroatoms. The Labute approximate surface area is 110 Å². The van der Waals surface area contributed by atoms with Crippen LogP contribution in [0.2, 0.25) is 0 Å². The Hall–Kier alpha value is -0.160. The molecule has 0 bridgehead atoms. The standard InChI is InChI=1S/C14H27NO3/c1-4-12(16-3)13(15-2)11-5-7-18-14(9-11)6-8-17-10-14/h11-13,15H,4-10H2,1-3H3. The fourth-order valence-corrected chi connectivity index (χ4v) is 3.53. The van der Waals surface area contributed by atoms with Gasteiger partial charge in [-0.05, 0) is 32.2 Å². The minimum absolute atomic E-state index is 0.00987. The second-order valence-electron chi connectivity index (χ2n) is 5.58. The summed E-state index contributed by atoms with van der Waals surface area (Å²) < 4.78 is 17.2. The molecule has 0 saturated carbocycles. The van der Waals surface area contributed by atoms with Crippen LogP contribution in [0.25, 0.3) is 0 Å². The maximum Gasteiger partial charge on any atom is 0.0939 e. The molecule has 0 aromatic rings. The predicted octanol–water partition coefficient (Wildman–Crippen LogP) is 1.59. The van der Waals surface area contributed by atoms with Crippen LogP contribution in [0.1, 0.15) is 32.6 Å². The van der Waals surface area contributed by atoms with Crippen LogP contribution in [-0.2, 0) is 14.2 Å². The lowest BCUT2D eigenvalue weighted by molar-refractivity contribution is -0.110. The molecular weight excluding hydrogens is 230 g/mol. The number of methoxy groups -OCH3 is 1. The Morgan fingerprint density at radius 3 is 2.83 bits per heavy atom. The summed E-state index contributed by atoms with van der Waals surface area (Å²) in [6.45, 7) is 4.65. The van der Waals surface area contributed by atoms with Crippen LogP contribution in [0.5, 0.6) is 0 Å². The van der Waals surface area contributed by atoms with E-state index in [-0.39, 0.29) is 11.7 Å². The third-order valence-corrected chi connectivity index (χ3v) is 4.55. The average Bonchev–Trinajstić information content (AvgIpc) is 2.83. The quantitative estimate of drug-likeness (QED) is 0.812. The first-order valence-electron chi connectivity index (χ1n) is 7.16. The lowest BCUT2D eigenvalue weighted by Crippen LogP contribution is -2.51. The van der Waals surface area contributed by atoms with Crippen molar-refractivity contribution in [3.63, 3.8) is 0 Å². The molecule has 1 N–H and O–H groups in total. The third kappa shape index (κ3) is 2.87. The molecule has 0 aromatic heterocycles. The molecule has 2 aliphatic heterocycles. The fourth-order valence-electron chi connectivity index (χ4n) is 3.53. The highest BCUT2D eigenvalue weighted by molar-refractivity contribution is 4.95. The molecule has 2 rings (SSSR count). The molecule has 2 aliphatic rings. The Morgan fingerprint density at radius 2 is 2.28 bits per heavy atom. The second-order valence-corrected chi connectivity index (χ2v) is 5.58. The Bertz CT molecular complexity index is 249. The van der Waals surface area contributed by atoms with Gasteiger partial charge in [-0.1, -0.05) is 6.92 Å². The maximum atomic E-state index is 6.00. The van der Waals surface area contributed by atoms with E-state index in [1.54, 1.807) is 0 Å². The van der Waals surface area contributed by atoms with E-state index >= 15 is 0 Å². The molecule has 0 aliphatic carbocycles. The highest BCUT2D eigenvalue weighted by atomic mass is 16.6. The van der Waals surface area contributed by atoms with Crippen molar-refractivity contribution < 1.29 is 14.2 Å². The van der Waals surface area contributed by atoms with Crippen LogP contribution < -0.4 is 5.32 Å². The molecule has 0 aromatic carbocycles. The summed E-state index contributed by atoms with van der Waals surface area (Å²) in [4.78, 5) is 0. The summed E-state index contributed by atoms with van der Waals surface area (Å²) in [7, 11) is 3.85. The zero-order valence-electron chi connectivity index (χ0n) is 11.9. The number of likely N-dealkylation sites (N-methyl/N-ethyl adjacent to an activating group) is 1. The monoisotopic (exact) mass is 257 g/mol. The van der Waals surface area contributed by atoms with Gasteiger partial charge in [-0.25, -0.2) is 0 Å². The number of ether oxygens (including phenoxy) is 3. The van der Waals surface area contributed by atoms with Crippen LogP contribution >= 0.6 is 0 Å². The van der Waals surface area contributed by atoms with Gasteiger partial charge in [-0.2, -0.15) is 0 Å². The van der Waals surface area contributed by atoms with Crippen molar-refractivity contribution in [3.05, 3.63) is 0 Å². The molecule has 18 heavy (non-hydrogen) atoms. The van der Waals surface area contributed by atoms with Gasteiger partial charge in [-0.15, -0.1) is 0 Å². The van der Waals surface area contributed by atoms with Gasteiger partial charge in [-0.3, -0.25) is 0 Å². The largest absolute Gasteiger partial charge is 0.380 e. The van der Waals surface area contributed by atoms with E-state index in [1.165, 1.54) is 0 Å². The first-order chi connectivity index (χ1) is 8.74. The molecule has 106 valence electrons. The third-order valence-electron chi connectivity index (χ3n) is 4.55. The predicted molar refractivity (Wildman–Crippen MR) is 70.8 cm³/mol. The van der Waals surface area contributed by atoms with Crippen LogP contribution in [-0.4, -0.2) is 51.7 Å². The summed E-state index contributed by atoms with van der Waals surface area (Å²) in [5.74, 6) is 0.621. The normalized spacial score (nSPS) is 35.8. The van der Waals surface area contributed by atoms with Gasteiger partial charge in [0.15, 0.2) is 0 Å². The van der Waals surface area contributed by atoms with E-state index in [4.69, 9.17) is 14.2 Å². The summed E-state index contributed by atoms with van der Waals surface area (Å²) in [5.41, 5.74) is -0.00987. The highest BCUT2D eigenvalue weighted by Crippen LogP contribution is 2.38. The van der Waals surface area contributed by atoms with Crippen molar-refractivity contribution in [1.82, 2.24) is 5.32 Å². The van der Waals surface area contributed by atoms with Crippen molar-refractivity contribution >= 4 is 0 Å². The van der Waals surface area contributed by atoms with E-state index in [0.717, 1.165) is 45.5 Å². The van der Waals surface area contributed by atoms with E-state index in [9.17, 15) is 0 Å². The topological polar surface area (TPSA) is 39.7 Å². The van der Waals surface area contributed by atoms with Crippen molar-refractivity contribution in [3.8, 4) is 0 Å². The number of hydrogen-bond donors (Lipinski definition) is 1. The molecule has 1 spiro atoms. The Balaban J connectivity index is 2.01. The molecule has 4 unspecified atom stereocenters. The van der Waals surface area contributed by atoms with Crippen LogP contribution in [0.4, 0.5) is 0 Å². The van der Waals surface area contributed by atoms with E-state index in [1.807, 2.05) is 14.2 Å². The minimum Gasteiger partial charge on any atom is -0.380 e. The van der Waals surface area contributed by atoms with Gasteiger partial charge in [0.25, 0.3) is 0 Å². The molecular formula is C14H27NO3. The van der Waals surface area contributed by atoms with Crippen molar-refractivity contribution in [1.29, 1.82) is 0 Å². The first-order valence-corrected chi connectivity index (χ1v) is 7.16. The zero-order chi connectivity index (χ0) is 13.0. The summed E-state index contributed by atoms with van der Waals surface area (Å²) in [6.07, 6.45) is 4.59. The average molecular weight is 257 g/mol. The molecule has 0 radical (unpaired) electrons. The molecule has 0 amide bonds. The van der Waals surface area contributed by atoms with Gasteiger partial charge in [0.2, 0.25) is 0 Å². The van der Waals surface area contributed by atoms with Gasteiger partial charge >= 0.3 is 0 Å². The number of nitrogens with one attached hydrogen (secondary N) is 1. The Morgan fingerprint density at radius 1 is 1.44 bits per heavy atom. The van der Waals surface area contributed by atoms with Crippen molar-refractivity contribution in [2.75, 3.05) is 34.0 Å². The summed E-state index contributed by atoms with van der Waals surface area (Å²) >= 11 is 0. The Kier molecular flexibility index (Phi) is 5.01. The van der Waals surface area contributed by atoms with Crippen molar-refractivity contribution in [2.45, 2.75) is 50.4 Å². The van der Waals surface area contributed by atoms with Crippen LogP contribution in [0.3, 0.4) is 0 Å². The second kappa shape index (κ2) is 6.33. The first kappa shape index (κ1) is 14.3. The molecule has 2 heterocycles. The number of rotatable bonds is 5. The molecule has 4 atom stereocenters. The van der Waals surface area contributed by atoms with Gasteiger partial charge < -0.3 is 19.5 Å². The molecule has 4 nitrogen and oxygen atoms in total. The number of hydrogen-bond acceptors (Lipinski definition) is 4. The van der Waals surface area contributed by atoms with Crippen LogP contribution in [0.15, 0.2) is 0 Å². The van der Waals surface area contributed by atoms with Gasteiger partial charge in [0.05, 0.1) is 18.3 Å². The SMILES string of the molecule is CCC(OC)C(NC)C1CCOC2(CCOC2)C1. The fraction of sp³-hybridized carbons (Fsp3) is 1.00. The summed E-state index contributed by atoms with van der Waals surface area (Å²) in [6, 6.07) is 0.418. The molecule has 2 fully saturated rings. The van der Waals surface area contributed by atoms with E-state index < -0.39 is 0 Å². The molecule has 2 saturated heterocycles. The minimum atomic E-state index is -0.00987. The highest BCUT2D eigenvalue weighted by Gasteiger charge is 2.43. The van der Waals surface area contributed by atoms with Gasteiger partial charge in [0, 0.05) is 32.8 Å². The maximum absolute atomic E-state index is 6.00. The van der Waals surface area contributed by atoms with Gasteiger partial charge in [0.1, 0.15) is 0 Å². The smallest absolute Gasteiger partial charge is 0.0939 e. The van der Waals surface area contributed by atoms with Crippen molar-refractivity contribution in [2.24, 2.45) is 5.92 Å². The summed E-state index contributed by atoms with van der Waals surface area (Å²) in [5, 5.41) is 3.46. The lowest BCUT2D eigenvalue weighted by atomic mass is 9.79. The van der Waals surface area contributed by atoms with E-state index in [0.29, 0.717) is 12.0 Å². The van der Waals surface area contributed by atoms with Crippen LogP contribution in [0, 0.1) is 5.92 Å². The zero-order valence-corrected chi connectivity index (χ0v) is 11.9. The lowest BCUT2D eigenvalue weighted by Gasteiger charge is -2.42. The van der Waals surface area contributed by atoms with E-state index in [2.05, 4.69) is 12.2 Å².